The Morgan fingerprint density at radius 1 is 1.12 bits per heavy atom. The molecule has 2 heterocycles. The number of fused-ring (bicyclic) bond motifs is 2. The third-order valence-corrected chi connectivity index (χ3v) is 7.01. The minimum absolute atomic E-state index is 0.193. The number of thiazole rings is 1. The third-order valence-electron chi connectivity index (χ3n) is 4.86. The van der Waals surface area contributed by atoms with Crippen LogP contribution in [-0.4, -0.2) is 64.4 Å². The molecule has 0 saturated carbocycles. The van der Waals surface area contributed by atoms with Gasteiger partial charge in [-0.05, 0) is 56.1 Å². The van der Waals surface area contributed by atoms with E-state index in [1.54, 1.807) is 23.1 Å². The number of ether oxygens (including phenoxy) is 2. The van der Waals surface area contributed by atoms with Crippen molar-refractivity contribution in [2.24, 2.45) is 0 Å². The molecule has 1 aromatic heterocycles. The minimum Gasteiger partial charge on any atom is -0.454 e. The molecular formula is C22H23N3O5S2. The Kier molecular flexibility index (Phi) is 6.18. The van der Waals surface area contributed by atoms with Crippen LogP contribution in [0.1, 0.15) is 5.56 Å². The molecule has 1 aliphatic heterocycles. The molecule has 0 fully saturated rings. The summed E-state index contributed by atoms with van der Waals surface area (Å²) in [6.45, 7) is 1.28. The molecule has 168 valence electrons. The summed E-state index contributed by atoms with van der Waals surface area (Å²) in [6, 6.07) is 10.3. The molecule has 0 atom stereocenters. The Labute approximate surface area is 190 Å². The Morgan fingerprint density at radius 2 is 1.91 bits per heavy atom. The lowest BCUT2D eigenvalue weighted by Gasteiger charge is -2.20. The normalized spacial score (nSPS) is 13.4. The molecule has 0 unspecified atom stereocenters. The van der Waals surface area contributed by atoms with Crippen LogP contribution in [-0.2, 0) is 14.6 Å². The van der Waals surface area contributed by atoms with E-state index in [0.29, 0.717) is 39.9 Å². The van der Waals surface area contributed by atoms with Crippen molar-refractivity contribution in [3.8, 4) is 11.5 Å². The fraction of sp³-hybridized carbons (Fsp3) is 0.273. The number of amides is 1. The maximum absolute atomic E-state index is 13.1. The van der Waals surface area contributed by atoms with Crippen molar-refractivity contribution in [3.63, 3.8) is 0 Å². The van der Waals surface area contributed by atoms with Crippen molar-refractivity contribution in [1.29, 1.82) is 0 Å². The fourth-order valence-corrected chi connectivity index (χ4v) is 4.87. The molecule has 2 aromatic carbocycles. The van der Waals surface area contributed by atoms with Crippen LogP contribution in [0.2, 0.25) is 0 Å². The molecule has 3 aromatic rings. The molecular weight excluding hydrogens is 450 g/mol. The van der Waals surface area contributed by atoms with Crippen LogP contribution in [0.4, 0.5) is 5.13 Å². The number of nitrogens with zero attached hydrogens (tertiary/aromatic N) is 3. The van der Waals surface area contributed by atoms with Crippen LogP contribution in [0.25, 0.3) is 16.3 Å². The molecule has 0 bridgehead atoms. The lowest BCUT2D eigenvalue weighted by atomic mass is 10.2. The van der Waals surface area contributed by atoms with Gasteiger partial charge in [0.15, 0.2) is 26.5 Å². The van der Waals surface area contributed by atoms with E-state index in [1.165, 1.54) is 29.7 Å². The molecule has 1 amide bonds. The van der Waals surface area contributed by atoms with Crippen molar-refractivity contribution in [3.05, 3.63) is 48.0 Å². The summed E-state index contributed by atoms with van der Waals surface area (Å²) in [5.41, 5.74) is 1.47. The molecule has 10 heteroatoms. The molecule has 0 saturated heterocycles. The van der Waals surface area contributed by atoms with Gasteiger partial charge in [-0.15, -0.1) is 0 Å². The van der Waals surface area contributed by atoms with E-state index >= 15 is 0 Å². The summed E-state index contributed by atoms with van der Waals surface area (Å²) in [5.74, 6) is 1.12. The Balaban J connectivity index is 1.62. The van der Waals surface area contributed by atoms with Gasteiger partial charge in [-0.25, -0.2) is 13.4 Å². The zero-order chi connectivity index (χ0) is 22.9. The predicted octanol–water partition coefficient (Wildman–Crippen LogP) is 3.04. The van der Waals surface area contributed by atoms with Crippen molar-refractivity contribution in [2.45, 2.75) is 4.90 Å². The van der Waals surface area contributed by atoms with E-state index in [1.807, 2.05) is 37.2 Å². The Bertz CT molecular complexity index is 1300. The highest BCUT2D eigenvalue weighted by atomic mass is 32.2. The minimum atomic E-state index is -3.33. The summed E-state index contributed by atoms with van der Waals surface area (Å²) in [4.78, 5) is 21.5. The molecule has 0 aliphatic carbocycles. The van der Waals surface area contributed by atoms with E-state index in [9.17, 15) is 13.2 Å². The molecule has 8 nitrogen and oxygen atoms in total. The van der Waals surface area contributed by atoms with Crippen molar-refractivity contribution in [2.75, 3.05) is 45.1 Å². The van der Waals surface area contributed by atoms with Gasteiger partial charge in [0, 0.05) is 25.4 Å². The largest absolute Gasteiger partial charge is 0.454 e. The number of benzene rings is 2. The number of carbonyl (C=O) groups is 1. The van der Waals surface area contributed by atoms with Gasteiger partial charge in [-0.2, -0.15) is 0 Å². The second-order valence-corrected chi connectivity index (χ2v) is 10.7. The van der Waals surface area contributed by atoms with Crippen molar-refractivity contribution >= 4 is 48.5 Å². The van der Waals surface area contributed by atoms with Crippen LogP contribution in [0.3, 0.4) is 0 Å². The Morgan fingerprint density at radius 3 is 2.66 bits per heavy atom. The van der Waals surface area contributed by atoms with E-state index in [0.717, 1.165) is 5.56 Å². The van der Waals surface area contributed by atoms with Crippen LogP contribution >= 0.6 is 11.3 Å². The van der Waals surface area contributed by atoms with Crippen LogP contribution < -0.4 is 14.4 Å². The first-order valence-electron chi connectivity index (χ1n) is 9.85. The molecule has 1 aliphatic rings. The molecule has 32 heavy (non-hydrogen) atoms. The van der Waals surface area contributed by atoms with Crippen LogP contribution in [0.15, 0.2) is 47.4 Å². The number of hydrogen-bond donors (Lipinski definition) is 0. The smallest absolute Gasteiger partial charge is 0.252 e. The third kappa shape index (κ3) is 4.93. The van der Waals surface area contributed by atoms with E-state index < -0.39 is 9.84 Å². The number of carbonyl (C=O) groups excluding carboxylic acids is 1. The number of likely N-dealkylation sites (N-methyl/N-ethyl adjacent to an activating group) is 1. The fourth-order valence-electron chi connectivity index (χ4n) is 3.11. The summed E-state index contributed by atoms with van der Waals surface area (Å²) < 4.78 is 35.2. The van der Waals surface area contributed by atoms with Gasteiger partial charge in [0.05, 0.1) is 15.1 Å². The van der Waals surface area contributed by atoms with Gasteiger partial charge >= 0.3 is 0 Å². The summed E-state index contributed by atoms with van der Waals surface area (Å²) in [5, 5.41) is 0.521. The second-order valence-electron chi connectivity index (χ2n) is 7.64. The quantitative estimate of drug-likeness (QED) is 0.487. The first-order chi connectivity index (χ1) is 15.2. The number of hydrogen-bond acceptors (Lipinski definition) is 8. The summed E-state index contributed by atoms with van der Waals surface area (Å²) in [7, 11) is 0.539. The zero-order valence-corrected chi connectivity index (χ0v) is 19.6. The maximum Gasteiger partial charge on any atom is 0.252 e. The first-order valence-corrected chi connectivity index (χ1v) is 12.6. The SMILES string of the molecule is CN(C)CCN(C(=O)C=Cc1ccc2c(c1)OCO2)c1nc2ccc(S(C)(=O)=O)cc2s1. The van der Waals surface area contributed by atoms with Gasteiger partial charge in [0.1, 0.15) is 0 Å². The molecule has 0 spiro atoms. The molecule has 0 N–H and O–H groups in total. The standard InChI is InChI=1S/C22H23N3O5S2/c1-24(2)10-11-25(21(26)9-5-15-4-8-18-19(12-15)30-14-29-18)22-23-17-7-6-16(32(3,27)28)13-20(17)31-22/h4-9,12-13H,10-11,14H2,1-3H3. The number of sulfone groups is 1. The highest BCUT2D eigenvalue weighted by molar-refractivity contribution is 7.90. The van der Waals surface area contributed by atoms with Crippen LogP contribution in [0, 0.1) is 0 Å². The van der Waals surface area contributed by atoms with Gasteiger partial charge in [0.25, 0.3) is 5.91 Å². The van der Waals surface area contributed by atoms with Crippen molar-refractivity contribution < 1.29 is 22.7 Å². The highest BCUT2D eigenvalue weighted by Gasteiger charge is 2.19. The van der Waals surface area contributed by atoms with E-state index in [2.05, 4.69) is 4.98 Å². The molecule has 0 radical (unpaired) electrons. The van der Waals surface area contributed by atoms with Gasteiger partial charge in [-0.3, -0.25) is 9.69 Å². The van der Waals surface area contributed by atoms with E-state index in [-0.39, 0.29) is 17.6 Å². The summed E-state index contributed by atoms with van der Waals surface area (Å²) in [6.07, 6.45) is 4.40. The number of aromatic nitrogens is 1. The lowest BCUT2D eigenvalue weighted by Crippen LogP contribution is -2.35. The van der Waals surface area contributed by atoms with Gasteiger partial charge < -0.3 is 14.4 Å². The first kappa shape index (κ1) is 22.3. The second kappa shape index (κ2) is 8.89. The molecule has 4 rings (SSSR count). The maximum atomic E-state index is 13.1. The average Bonchev–Trinajstić information content (AvgIpc) is 3.37. The number of rotatable bonds is 7. The predicted molar refractivity (Wildman–Crippen MR) is 125 cm³/mol. The van der Waals surface area contributed by atoms with Crippen molar-refractivity contribution in [1.82, 2.24) is 9.88 Å². The summed E-state index contributed by atoms with van der Waals surface area (Å²) >= 11 is 1.29. The highest BCUT2D eigenvalue weighted by Crippen LogP contribution is 2.33. The Hall–Kier alpha value is -2.95. The monoisotopic (exact) mass is 473 g/mol. The lowest BCUT2D eigenvalue weighted by molar-refractivity contribution is -0.114. The number of anilines is 1. The zero-order valence-electron chi connectivity index (χ0n) is 17.9. The average molecular weight is 474 g/mol. The van der Waals surface area contributed by atoms with Gasteiger partial charge in [0.2, 0.25) is 6.79 Å². The van der Waals surface area contributed by atoms with Gasteiger partial charge in [-0.1, -0.05) is 17.4 Å². The topological polar surface area (TPSA) is 89.0 Å². The van der Waals surface area contributed by atoms with Crippen LogP contribution in [0.5, 0.6) is 11.5 Å². The van der Waals surface area contributed by atoms with E-state index in [4.69, 9.17) is 9.47 Å².